The van der Waals surface area contributed by atoms with Crippen LogP contribution in [0, 0.1) is 5.92 Å². The zero-order valence-electron chi connectivity index (χ0n) is 10.4. The van der Waals surface area contributed by atoms with E-state index in [1.54, 1.807) is 7.11 Å². The largest absolute Gasteiger partial charge is 0.385 e. The van der Waals surface area contributed by atoms with Gasteiger partial charge in [-0.1, -0.05) is 27.2 Å². The molecule has 0 aromatic rings. The molecule has 0 aliphatic carbocycles. The Bertz CT molecular complexity index is 98.9. The van der Waals surface area contributed by atoms with Gasteiger partial charge in [0.25, 0.3) is 0 Å². The molecular weight excluding hydrogens is 174 g/mol. The highest BCUT2D eigenvalue weighted by molar-refractivity contribution is 4.78. The van der Waals surface area contributed by atoms with E-state index in [-0.39, 0.29) is 0 Å². The summed E-state index contributed by atoms with van der Waals surface area (Å²) in [5.41, 5.74) is 0. The van der Waals surface area contributed by atoms with Gasteiger partial charge in [-0.3, -0.25) is 0 Å². The van der Waals surface area contributed by atoms with Crippen LogP contribution in [0.2, 0.25) is 0 Å². The predicted molar refractivity (Wildman–Crippen MR) is 62.7 cm³/mol. The highest BCUT2D eigenvalue weighted by Crippen LogP contribution is 2.18. The molecule has 0 spiro atoms. The average Bonchev–Trinajstić information content (AvgIpc) is 2.18. The van der Waals surface area contributed by atoms with E-state index in [9.17, 15) is 0 Å². The number of unbranched alkanes of at least 4 members (excludes halogenated alkanes) is 1. The maximum atomic E-state index is 5.05. The Morgan fingerprint density at radius 2 is 1.93 bits per heavy atom. The van der Waals surface area contributed by atoms with Crippen molar-refractivity contribution >= 4 is 0 Å². The summed E-state index contributed by atoms with van der Waals surface area (Å²) in [7, 11) is 1.79. The van der Waals surface area contributed by atoms with Gasteiger partial charge in [0.1, 0.15) is 0 Å². The molecule has 0 unspecified atom stereocenters. The standard InChI is InChI=1S/C10H21NO.C2H6/c1-3-4-6-11-8-10(9-11)5-7-12-2;1-2/h10H,3-9H2,1-2H3;1-2H3. The normalized spacial score (nSPS) is 17.1. The van der Waals surface area contributed by atoms with Crippen LogP contribution in [0.3, 0.4) is 0 Å². The van der Waals surface area contributed by atoms with E-state index in [0.29, 0.717) is 0 Å². The lowest BCUT2D eigenvalue weighted by atomic mass is 9.96. The molecule has 14 heavy (non-hydrogen) atoms. The van der Waals surface area contributed by atoms with Gasteiger partial charge in [0, 0.05) is 26.8 Å². The molecule has 1 heterocycles. The Hall–Kier alpha value is -0.0800. The maximum Gasteiger partial charge on any atom is 0.0465 e. The van der Waals surface area contributed by atoms with E-state index in [2.05, 4.69) is 11.8 Å². The number of hydrogen-bond acceptors (Lipinski definition) is 2. The number of ether oxygens (including phenoxy) is 1. The smallest absolute Gasteiger partial charge is 0.0465 e. The zero-order valence-corrected chi connectivity index (χ0v) is 10.4. The fraction of sp³-hybridized carbons (Fsp3) is 1.00. The van der Waals surface area contributed by atoms with Crippen LogP contribution in [-0.2, 0) is 4.74 Å². The Morgan fingerprint density at radius 1 is 1.29 bits per heavy atom. The molecule has 1 rings (SSSR count). The van der Waals surface area contributed by atoms with Gasteiger partial charge in [0.2, 0.25) is 0 Å². The van der Waals surface area contributed by atoms with Crippen molar-refractivity contribution in [3.63, 3.8) is 0 Å². The molecule has 1 aliphatic heterocycles. The fourth-order valence-corrected chi connectivity index (χ4v) is 1.71. The minimum Gasteiger partial charge on any atom is -0.385 e. The third-order valence-corrected chi connectivity index (χ3v) is 2.59. The van der Waals surface area contributed by atoms with Crippen molar-refractivity contribution in [2.24, 2.45) is 5.92 Å². The van der Waals surface area contributed by atoms with E-state index in [4.69, 9.17) is 4.74 Å². The van der Waals surface area contributed by atoms with E-state index < -0.39 is 0 Å². The lowest BCUT2D eigenvalue weighted by Crippen LogP contribution is -2.47. The minimum absolute atomic E-state index is 0.918. The Balaban J connectivity index is 0.000000791. The van der Waals surface area contributed by atoms with Crippen LogP contribution < -0.4 is 0 Å². The Kier molecular flexibility index (Phi) is 9.42. The monoisotopic (exact) mass is 201 g/mol. The van der Waals surface area contributed by atoms with E-state index in [1.807, 2.05) is 13.8 Å². The first-order valence-electron chi connectivity index (χ1n) is 6.08. The van der Waals surface area contributed by atoms with Crippen LogP contribution in [-0.4, -0.2) is 38.3 Å². The topological polar surface area (TPSA) is 12.5 Å². The van der Waals surface area contributed by atoms with Crippen LogP contribution in [0.4, 0.5) is 0 Å². The molecule has 0 bridgehead atoms. The summed E-state index contributed by atoms with van der Waals surface area (Å²) in [6.07, 6.45) is 3.93. The van der Waals surface area contributed by atoms with Gasteiger partial charge < -0.3 is 9.64 Å². The third kappa shape index (κ3) is 5.61. The summed E-state index contributed by atoms with van der Waals surface area (Å²) in [6.45, 7) is 11.1. The minimum atomic E-state index is 0.918. The van der Waals surface area contributed by atoms with Crippen molar-refractivity contribution in [1.82, 2.24) is 4.90 Å². The van der Waals surface area contributed by atoms with Gasteiger partial charge in [0.15, 0.2) is 0 Å². The van der Waals surface area contributed by atoms with Crippen molar-refractivity contribution in [3.05, 3.63) is 0 Å². The van der Waals surface area contributed by atoms with Crippen LogP contribution in [0.25, 0.3) is 0 Å². The van der Waals surface area contributed by atoms with Crippen LogP contribution in [0.1, 0.15) is 40.0 Å². The third-order valence-electron chi connectivity index (χ3n) is 2.59. The quantitative estimate of drug-likeness (QED) is 0.655. The van der Waals surface area contributed by atoms with E-state index in [1.165, 1.54) is 38.9 Å². The fourth-order valence-electron chi connectivity index (χ4n) is 1.71. The molecule has 86 valence electrons. The second kappa shape index (κ2) is 9.47. The Labute approximate surface area is 89.6 Å². The first-order chi connectivity index (χ1) is 6.86. The Morgan fingerprint density at radius 3 is 2.43 bits per heavy atom. The number of rotatable bonds is 6. The second-order valence-corrected chi connectivity index (χ2v) is 3.76. The molecule has 2 heteroatoms. The molecule has 0 N–H and O–H groups in total. The lowest BCUT2D eigenvalue weighted by molar-refractivity contribution is 0.0683. The van der Waals surface area contributed by atoms with Crippen molar-refractivity contribution in [2.75, 3.05) is 33.4 Å². The van der Waals surface area contributed by atoms with Gasteiger partial charge in [0.05, 0.1) is 0 Å². The maximum absolute atomic E-state index is 5.05. The van der Waals surface area contributed by atoms with Crippen LogP contribution in [0.15, 0.2) is 0 Å². The average molecular weight is 201 g/mol. The highest BCUT2D eigenvalue weighted by Gasteiger charge is 2.24. The van der Waals surface area contributed by atoms with Gasteiger partial charge in [-0.2, -0.15) is 0 Å². The summed E-state index contributed by atoms with van der Waals surface area (Å²) in [5.74, 6) is 0.918. The molecule has 1 aliphatic rings. The molecule has 0 saturated carbocycles. The summed E-state index contributed by atoms with van der Waals surface area (Å²) >= 11 is 0. The SMILES string of the molecule is CC.CCCCN1CC(CCOC)C1. The number of methoxy groups -OCH3 is 1. The van der Waals surface area contributed by atoms with Crippen LogP contribution in [0.5, 0.6) is 0 Å². The van der Waals surface area contributed by atoms with Crippen molar-refractivity contribution in [2.45, 2.75) is 40.0 Å². The summed E-state index contributed by atoms with van der Waals surface area (Å²) in [6, 6.07) is 0. The number of hydrogen-bond donors (Lipinski definition) is 0. The first-order valence-corrected chi connectivity index (χ1v) is 6.08. The highest BCUT2D eigenvalue weighted by atomic mass is 16.5. The lowest BCUT2D eigenvalue weighted by Gasteiger charge is -2.39. The van der Waals surface area contributed by atoms with Gasteiger partial charge in [-0.15, -0.1) is 0 Å². The molecule has 1 fully saturated rings. The summed E-state index contributed by atoms with van der Waals surface area (Å²) in [5, 5.41) is 0. The molecule has 0 atom stereocenters. The number of nitrogens with zero attached hydrogens (tertiary/aromatic N) is 1. The number of likely N-dealkylation sites (tertiary alicyclic amines) is 1. The summed E-state index contributed by atoms with van der Waals surface area (Å²) in [4.78, 5) is 2.55. The van der Waals surface area contributed by atoms with Crippen LogP contribution >= 0.6 is 0 Å². The van der Waals surface area contributed by atoms with E-state index >= 15 is 0 Å². The molecule has 0 aromatic heterocycles. The van der Waals surface area contributed by atoms with Crippen molar-refractivity contribution in [3.8, 4) is 0 Å². The molecule has 0 amide bonds. The van der Waals surface area contributed by atoms with Crippen molar-refractivity contribution < 1.29 is 4.74 Å². The molecule has 2 nitrogen and oxygen atoms in total. The molecule has 1 saturated heterocycles. The van der Waals surface area contributed by atoms with Gasteiger partial charge in [-0.05, 0) is 25.3 Å². The van der Waals surface area contributed by atoms with Gasteiger partial charge in [-0.25, -0.2) is 0 Å². The first kappa shape index (κ1) is 13.9. The second-order valence-electron chi connectivity index (χ2n) is 3.76. The summed E-state index contributed by atoms with van der Waals surface area (Å²) < 4.78 is 5.05. The van der Waals surface area contributed by atoms with Gasteiger partial charge >= 0.3 is 0 Å². The molecule has 0 aromatic carbocycles. The van der Waals surface area contributed by atoms with Crippen molar-refractivity contribution in [1.29, 1.82) is 0 Å². The molecule has 0 radical (unpaired) electrons. The molecular formula is C12H27NO. The predicted octanol–water partition coefficient (Wildman–Crippen LogP) is 2.78. The zero-order chi connectivity index (χ0) is 10.8. The van der Waals surface area contributed by atoms with E-state index in [0.717, 1.165) is 12.5 Å².